The van der Waals surface area contributed by atoms with E-state index in [0.29, 0.717) is 26.3 Å². The highest BCUT2D eigenvalue weighted by Gasteiger charge is 2.30. The Bertz CT molecular complexity index is 827. The first kappa shape index (κ1) is 18.4. The maximum absolute atomic E-state index is 12.8. The highest BCUT2D eigenvalue weighted by Crippen LogP contribution is 2.23. The molecule has 1 aromatic carbocycles. The lowest BCUT2D eigenvalue weighted by Gasteiger charge is -2.40. The minimum absolute atomic E-state index is 0.0921. The second kappa shape index (κ2) is 7.98. The highest BCUT2D eigenvalue weighted by molar-refractivity contribution is 9.10. The molecule has 0 radical (unpaired) electrons. The van der Waals surface area contributed by atoms with Crippen molar-refractivity contribution in [1.29, 1.82) is 0 Å². The molecule has 2 aliphatic rings. The molecule has 2 aromatic rings. The number of amides is 2. The molecule has 0 spiro atoms. The monoisotopic (exact) mass is 433 g/mol. The van der Waals surface area contributed by atoms with Gasteiger partial charge in [-0.05, 0) is 31.0 Å². The second-order valence-corrected chi connectivity index (χ2v) is 8.02. The standard InChI is InChI=1S/C19H24BrN5O2/c1-23(19(26)24-7-9-27-10-8-24)16-3-2-6-25(13-16)18-21-12-14-11-15(20)4-5-17(14)22-18/h4-5,11-12,16H,2-3,6-10,13H2,1H3. The molecule has 7 nitrogen and oxygen atoms in total. The van der Waals surface area contributed by atoms with Crippen LogP contribution in [0.1, 0.15) is 12.8 Å². The highest BCUT2D eigenvalue weighted by atomic mass is 79.9. The van der Waals surface area contributed by atoms with Gasteiger partial charge in [-0.1, -0.05) is 15.9 Å². The number of rotatable bonds is 2. The van der Waals surface area contributed by atoms with Crippen LogP contribution < -0.4 is 4.90 Å². The van der Waals surface area contributed by atoms with Crippen molar-refractivity contribution in [2.24, 2.45) is 0 Å². The summed E-state index contributed by atoms with van der Waals surface area (Å²) in [5.74, 6) is 0.738. The van der Waals surface area contributed by atoms with Gasteiger partial charge in [0.2, 0.25) is 5.95 Å². The van der Waals surface area contributed by atoms with Gasteiger partial charge in [0.1, 0.15) is 0 Å². The van der Waals surface area contributed by atoms with Crippen LogP contribution in [0.5, 0.6) is 0 Å². The number of hydrogen-bond acceptors (Lipinski definition) is 5. The number of urea groups is 1. The molecule has 8 heteroatoms. The zero-order chi connectivity index (χ0) is 18.8. The fourth-order valence-corrected chi connectivity index (χ4v) is 4.11. The third-order valence-corrected chi connectivity index (χ3v) is 5.83. The number of aromatic nitrogens is 2. The molecule has 2 fully saturated rings. The fraction of sp³-hybridized carbons (Fsp3) is 0.526. The molecule has 1 aromatic heterocycles. The Hall–Kier alpha value is -1.93. The van der Waals surface area contributed by atoms with E-state index in [1.54, 1.807) is 0 Å². The lowest BCUT2D eigenvalue weighted by molar-refractivity contribution is 0.0413. The first-order valence-corrected chi connectivity index (χ1v) is 10.2. The topological polar surface area (TPSA) is 61.8 Å². The van der Waals surface area contributed by atoms with Gasteiger partial charge >= 0.3 is 6.03 Å². The Labute approximate surface area is 167 Å². The molecule has 4 rings (SSSR count). The van der Waals surface area contributed by atoms with Crippen LogP contribution in [0.15, 0.2) is 28.9 Å². The predicted octanol–water partition coefficient (Wildman–Crippen LogP) is 2.75. The number of hydrogen-bond donors (Lipinski definition) is 0. The van der Waals surface area contributed by atoms with E-state index in [0.717, 1.165) is 47.3 Å². The molecule has 0 N–H and O–H groups in total. The van der Waals surface area contributed by atoms with E-state index in [1.807, 2.05) is 41.2 Å². The molecule has 2 saturated heterocycles. The van der Waals surface area contributed by atoms with Crippen LogP contribution in [0.3, 0.4) is 0 Å². The maximum Gasteiger partial charge on any atom is 0.320 e. The third-order valence-electron chi connectivity index (χ3n) is 5.34. The van der Waals surface area contributed by atoms with Gasteiger partial charge in [0.05, 0.1) is 24.8 Å². The van der Waals surface area contributed by atoms with Gasteiger partial charge in [-0.15, -0.1) is 0 Å². The number of benzene rings is 1. The van der Waals surface area contributed by atoms with Crippen LogP contribution in [0, 0.1) is 0 Å². The quantitative estimate of drug-likeness (QED) is 0.728. The number of fused-ring (bicyclic) bond motifs is 1. The van der Waals surface area contributed by atoms with Gasteiger partial charge in [-0.25, -0.2) is 14.8 Å². The van der Waals surface area contributed by atoms with E-state index in [9.17, 15) is 4.79 Å². The molecule has 3 heterocycles. The fourth-order valence-electron chi connectivity index (χ4n) is 3.73. The number of anilines is 1. The van der Waals surface area contributed by atoms with Crippen molar-refractivity contribution in [2.45, 2.75) is 18.9 Å². The molecular weight excluding hydrogens is 410 g/mol. The number of likely N-dealkylation sites (N-methyl/N-ethyl adjacent to an activating group) is 1. The van der Waals surface area contributed by atoms with Gasteiger partial charge in [0.25, 0.3) is 0 Å². The molecule has 0 aliphatic carbocycles. The molecule has 1 unspecified atom stereocenters. The van der Waals surface area contributed by atoms with Crippen molar-refractivity contribution in [3.63, 3.8) is 0 Å². The van der Waals surface area contributed by atoms with E-state index >= 15 is 0 Å². The summed E-state index contributed by atoms with van der Waals surface area (Å²) in [5, 5.41) is 1.02. The van der Waals surface area contributed by atoms with Crippen molar-refractivity contribution in [3.05, 3.63) is 28.9 Å². The predicted molar refractivity (Wildman–Crippen MR) is 108 cm³/mol. The second-order valence-electron chi connectivity index (χ2n) is 7.11. The molecule has 2 aliphatic heterocycles. The van der Waals surface area contributed by atoms with E-state index in [4.69, 9.17) is 9.72 Å². The number of carbonyl (C=O) groups is 1. The zero-order valence-electron chi connectivity index (χ0n) is 15.5. The Kier molecular flexibility index (Phi) is 5.45. The lowest BCUT2D eigenvalue weighted by Crippen LogP contribution is -2.54. The molecule has 144 valence electrons. The summed E-state index contributed by atoms with van der Waals surface area (Å²) in [4.78, 5) is 28.0. The van der Waals surface area contributed by atoms with Gasteiger partial charge in [-0.2, -0.15) is 0 Å². The molecule has 0 saturated carbocycles. The number of nitrogens with zero attached hydrogens (tertiary/aromatic N) is 5. The van der Waals surface area contributed by atoms with Crippen molar-refractivity contribution in [3.8, 4) is 0 Å². The molecule has 0 bridgehead atoms. The van der Waals surface area contributed by atoms with Crippen LogP contribution >= 0.6 is 15.9 Å². The molecular formula is C19H24BrN5O2. The summed E-state index contributed by atoms with van der Waals surface area (Å²) in [6.45, 7) is 4.26. The van der Waals surface area contributed by atoms with Crippen molar-refractivity contribution >= 4 is 38.8 Å². The van der Waals surface area contributed by atoms with E-state index < -0.39 is 0 Å². The van der Waals surface area contributed by atoms with Crippen LogP contribution in [-0.2, 0) is 4.74 Å². The summed E-state index contributed by atoms with van der Waals surface area (Å²) in [6.07, 6.45) is 3.89. The van der Waals surface area contributed by atoms with Gasteiger partial charge in [-0.3, -0.25) is 0 Å². The summed E-state index contributed by atoms with van der Waals surface area (Å²) < 4.78 is 6.37. The van der Waals surface area contributed by atoms with Crippen molar-refractivity contribution in [2.75, 3.05) is 51.3 Å². The normalized spacial score (nSPS) is 20.7. The minimum Gasteiger partial charge on any atom is -0.378 e. The van der Waals surface area contributed by atoms with Gasteiger partial charge < -0.3 is 19.4 Å². The average Bonchev–Trinajstić information content (AvgIpc) is 2.73. The Morgan fingerprint density at radius 1 is 1.30 bits per heavy atom. The molecule has 2 amide bonds. The molecule has 27 heavy (non-hydrogen) atoms. The van der Waals surface area contributed by atoms with Crippen LogP contribution in [0.2, 0.25) is 0 Å². The number of morpholine rings is 1. The Morgan fingerprint density at radius 3 is 2.93 bits per heavy atom. The summed E-state index contributed by atoms with van der Waals surface area (Å²) in [7, 11) is 1.91. The minimum atomic E-state index is 0.0921. The maximum atomic E-state index is 12.8. The van der Waals surface area contributed by atoms with Crippen molar-refractivity contribution in [1.82, 2.24) is 19.8 Å². The van der Waals surface area contributed by atoms with Crippen molar-refractivity contribution < 1.29 is 9.53 Å². The number of carbonyl (C=O) groups excluding carboxylic acids is 1. The zero-order valence-corrected chi connectivity index (χ0v) is 17.1. The lowest BCUT2D eigenvalue weighted by atomic mass is 10.0. The molecule has 1 atom stereocenters. The number of halogens is 1. The van der Waals surface area contributed by atoms with E-state index in [2.05, 4.69) is 25.8 Å². The van der Waals surface area contributed by atoms with Gasteiger partial charge in [0.15, 0.2) is 0 Å². The van der Waals surface area contributed by atoms with Crippen LogP contribution in [0.4, 0.5) is 10.7 Å². The van der Waals surface area contributed by atoms with Crippen LogP contribution in [0.25, 0.3) is 10.9 Å². The van der Waals surface area contributed by atoms with Crippen LogP contribution in [-0.4, -0.2) is 78.3 Å². The third kappa shape index (κ3) is 4.01. The number of ether oxygens (including phenoxy) is 1. The van der Waals surface area contributed by atoms with E-state index in [1.165, 1.54) is 0 Å². The number of piperidine rings is 1. The first-order valence-electron chi connectivity index (χ1n) is 9.38. The Morgan fingerprint density at radius 2 is 2.11 bits per heavy atom. The average molecular weight is 434 g/mol. The van der Waals surface area contributed by atoms with Gasteiger partial charge in [0, 0.05) is 49.3 Å². The SMILES string of the molecule is CN(C(=O)N1CCOCC1)C1CCCN(c2ncc3cc(Br)ccc3n2)C1. The summed E-state index contributed by atoms with van der Waals surface area (Å²) in [5.41, 5.74) is 0.933. The largest absolute Gasteiger partial charge is 0.378 e. The Balaban J connectivity index is 1.47. The summed E-state index contributed by atoms with van der Waals surface area (Å²) >= 11 is 3.48. The van der Waals surface area contributed by atoms with E-state index in [-0.39, 0.29) is 12.1 Å². The summed E-state index contributed by atoms with van der Waals surface area (Å²) in [6, 6.07) is 6.27. The first-order chi connectivity index (χ1) is 13.1. The smallest absolute Gasteiger partial charge is 0.320 e.